The van der Waals surface area contributed by atoms with Gasteiger partial charge in [-0.1, -0.05) is 42.5 Å². The van der Waals surface area contributed by atoms with E-state index in [9.17, 15) is 4.79 Å². The van der Waals surface area contributed by atoms with Gasteiger partial charge >= 0.3 is 0 Å². The van der Waals surface area contributed by atoms with Crippen molar-refractivity contribution in [3.8, 4) is 0 Å². The van der Waals surface area contributed by atoms with Crippen LogP contribution in [0.2, 0.25) is 0 Å². The Morgan fingerprint density at radius 1 is 1.10 bits per heavy atom. The average molecular weight is 284 g/mol. The molecule has 1 unspecified atom stereocenters. The summed E-state index contributed by atoms with van der Waals surface area (Å²) < 4.78 is 0. The molecule has 1 atom stereocenters. The summed E-state index contributed by atoms with van der Waals surface area (Å²) in [6.07, 6.45) is 7.53. The summed E-state index contributed by atoms with van der Waals surface area (Å²) in [4.78, 5) is 14.9. The first-order chi connectivity index (χ1) is 10.3. The van der Waals surface area contributed by atoms with Crippen molar-refractivity contribution >= 4 is 5.91 Å². The van der Waals surface area contributed by atoms with Crippen molar-refractivity contribution in [2.75, 3.05) is 19.6 Å². The van der Waals surface area contributed by atoms with Crippen LogP contribution in [0.1, 0.15) is 24.8 Å². The van der Waals surface area contributed by atoms with Gasteiger partial charge in [-0.25, -0.2) is 0 Å². The van der Waals surface area contributed by atoms with Crippen molar-refractivity contribution in [2.24, 2.45) is 11.8 Å². The molecule has 3 heteroatoms. The molecule has 1 fully saturated rings. The van der Waals surface area contributed by atoms with Crippen molar-refractivity contribution in [1.29, 1.82) is 0 Å². The predicted molar refractivity (Wildman–Crippen MR) is 84.7 cm³/mol. The molecule has 0 bridgehead atoms. The van der Waals surface area contributed by atoms with Gasteiger partial charge in [-0.15, -0.1) is 0 Å². The van der Waals surface area contributed by atoms with E-state index in [4.69, 9.17) is 0 Å². The van der Waals surface area contributed by atoms with E-state index in [1.54, 1.807) is 0 Å². The lowest BCUT2D eigenvalue weighted by atomic mass is 9.82. The molecular formula is C18H24N2O. The lowest BCUT2D eigenvalue weighted by Crippen LogP contribution is -2.41. The van der Waals surface area contributed by atoms with Crippen molar-refractivity contribution in [3.63, 3.8) is 0 Å². The summed E-state index contributed by atoms with van der Waals surface area (Å²) in [5, 5.41) is 3.39. The Labute approximate surface area is 127 Å². The molecule has 3 nitrogen and oxygen atoms in total. The molecule has 0 aliphatic carbocycles. The van der Waals surface area contributed by atoms with Gasteiger partial charge < -0.3 is 10.2 Å². The number of hydrogen-bond acceptors (Lipinski definition) is 2. The molecule has 1 saturated heterocycles. The van der Waals surface area contributed by atoms with Crippen molar-refractivity contribution in [2.45, 2.75) is 25.8 Å². The van der Waals surface area contributed by atoms with Crippen LogP contribution < -0.4 is 5.32 Å². The monoisotopic (exact) mass is 284 g/mol. The number of carbonyl (C=O) groups excluding carboxylic acids is 1. The quantitative estimate of drug-likeness (QED) is 0.865. The highest BCUT2D eigenvalue weighted by Gasteiger charge is 2.32. The predicted octanol–water partition coefficient (Wildman–Crippen LogP) is 2.59. The van der Waals surface area contributed by atoms with Crippen molar-refractivity contribution in [3.05, 3.63) is 48.0 Å². The van der Waals surface area contributed by atoms with Crippen LogP contribution in [0, 0.1) is 11.8 Å². The first-order valence-electron chi connectivity index (χ1n) is 8.03. The van der Waals surface area contributed by atoms with E-state index >= 15 is 0 Å². The normalized spacial score (nSPS) is 24.1. The number of piperidine rings is 1. The van der Waals surface area contributed by atoms with Gasteiger partial charge in [0.25, 0.3) is 0 Å². The van der Waals surface area contributed by atoms with Crippen LogP contribution in [0.5, 0.6) is 0 Å². The van der Waals surface area contributed by atoms with Gasteiger partial charge in [0.15, 0.2) is 0 Å². The van der Waals surface area contributed by atoms with E-state index in [0.29, 0.717) is 11.8 Å². The Morgan fingerprint density at radius 2 is 1.86 bits per heavy atom. The number of carbonyl (C=O) groups is 1. The van der Waals surface area contributed by atoms with Crippen LogP contribution in [-0.4, -0.2) is 30.4 Å². The third-order valence-electron chi connectivity index (χ3n) is 4.68. The molecule has 3 rings (SSSR count). The molecule has 1 amide bonds. The van der Waals surface area contributed by atoms with Crippen LogP contribution in [0.15, 0.2) is 42.5 Å². The Kier molecular flexibility index (Phi) is 4.71. The van der Waals surface area contributed by atoms with Crippen molar-refractivity contribution in [1.82, 2.24) is 10.2 Å². The van der Waals surface area contributed by atoms with E-state index < -0.39 is 0 Å². The molecule has 0 aromatic heterocycles. The zero-order chi connectivity index (χ0) is 14.5. The number of allylic oxidation sites excluding steroid dienone is 1. The number of amides is 1. The molecule has 112 valence electrons. The van der Waals surface area contributed by atoms with E-state index in [-0.39, 0.29) is 5.92 Å². The smallest absolute Gasteiger partial charge is 0.226 e. The molecule has 2 aliphatic heterocycles. The van der Waals surface area contributed by atoms with Crippen LogP contribution in [0.4, 0.5) is 0 Å². The SMILES string of the molecule is O=C1C(C2CCNCC2)CC=CCN1Cc1ccccc1. The maximum atomic E-state index is 12.9. The third kappa shape index (κ3) is 3.53. The van der Waals surface area contributed by atoms with Crippen LogP contribution in [0.3, 0.4) is 0 Å². The number of hydrogen-bond donors (Lipinski definition) is 1. The molecule has 21 heavy (non-hydrogen) atoms. The summed E-state index contributed by atoms with van der Waals surface area (Å²) >= 11 is 0. The van der Waals surface area contributed by atoms with Gasteiger partial charge in [0.1, 0.15) is 0 Å². The maximum Gasteiger partial charge on any atom is 0.226 e. The standard InChI is InChI=1S/C18H24N2O/c21-18-17(16-9-11-19-12-10-16)8-4-5-13-20(18)14-15-6-2-1-3-7-15/h1-7,16-17,19H,8-14H2. The van der Waals surface area contributed by atoms with Gasteiger partial charge in [0.2, 0.25) is 5.91 Å². The summed E-state index contributed by atoms with van der Waals surface area (Å²) in [7, 11) is 0. The van der Waals surface area contributed by atoms with Crippen LogP contribution >= 0.6 is 0 Å². The number of nitrogens with zero attached hydrogens (tertiary/aromatic N) is 1. The molecule has 2 heterocycles. The second-order valence-corrected chi connectivity index (χ2v) is 6.11. The number of nitrogens with one attached hydrogen (secondary N) is 1. The maximum absolute atomic E-state index is 12.9. The van der Waals surface area contributed by atoms with E-state index in [0.717, 1.165) is 45.4 Å². The van der Waals surface area contributed by atoms with Gasteiger partial charge in [0, 0.05) is 19.0 Å². The molecule has 0 spiro atoms. The molecule has 1 aromatic carbocycles. The minimum absolute atomic E-state index is 0.176. The second kappa shape index (κ2) is 6.90. The molecular weight excluding hydrogens is 260 g/mol. The molecule has 1 aromatic rings. The average Bonchev–Trinajstić information content (AvgIpc) is 2.72. The summed E-state index contributed by atoms with van der Waals surface area (Å²) in [5.74, 6) is 1.06. The lowest BCUT2D eigenvalue weighted by molar-refractivity contribution is -0.137. The minimum Gasteiger partial charge on any atom is -0.334 e. The van der Waals surface area contributed by atoms with E-state index in [1.165, 1.54) is 5.56 Å². The topological polar surface area (TPSA) is 32.3 Å². The largest absolute Gasteiger partial charge is 0.334 e. The van der Waals surface area contributed by atoms with Gasteiger partial charge in [-0.05, 0) is 43.8 Å². The zero-order valence-corrected chi connectivity index (χ0v) is 12.5. The number of rotatable bonds is 3. The highest BCUT2D eigenvalue weighted by atomic mass is 16.2. The third-order valence-corrected chi connectivity index (χ3v) is 4.68. The highest BCUT2D eigenvalue weighted by molar-refractivity contribution is 5.80. The van der Waals surface area contributed by atoms with Crippen LogP contribution in [0.25, 0.3) is 0 Å². The van der Waals surface area contributed by atoms with E-state index in [1.807, 2.05) is 23.1 Å². The molecule has 1 N–H and O–H groups in total. The Balaban J connectivity index is 1.71. The fourth-order valence-electron chi connectivity index (χ4n) is 3.46. The van der Waals surface area contributed by atoms with Crippen LogP contribution in [-0.2, 0) is 11.3 Å². The Hall–Kier alpha value is -1.61. The first-order valence-corrected chi connectivity index (χ1v) is 8.03. The Morgan fingerprint density at radius 3 is 2.62 bits per heavy atom. The summed E-state index contributed by atoms with van der Waals surface area (Å²) in [6, 6.07) is 10.3. The molecule has 2 aliphatic rings. The highest BCUT2D eigenvalue weighted by Crippen LogP contribution is 2.29. The summed E-state index contributed by atoms with van der Waals surface area (Å²) in [6.45, 7) is 3.58. The molecule has 0 radical (unpaired) electrons. The number of benzene rings is 1. The fourth-order valence-corrected chi connectivity index (χ4v) is 3.46. The van der Waals surface area contributed by atoms with Gasteiger partial charge in [-0.2, -0.15) is 0 Å². The first kappa shape index (κ1) is 14.3. The van der Waals surface area contributed by atoms with Gasteiger partial charge in [0.05, 0.1) is 0 Å². The van der Waals surface area contributed by atoms with Gasteiger partial charge in [-0.3, -0.25) is 4.79 Å². The van der Waals surface area contributed by atoms with E-state index in [2.05, 4.69) is 29.6 Å². The zero-order valence-electron chi connectivity index (χ0n) is 12.5. The molecule has 0 saturated carbocycles. The fraction of sp³-hybridized carbons (Fsp3) is 0.500. The summed E-state index contributed by atoms with van der Waals surface area (Å²) in [5.41, 5.74) is 1.21. The lowest BCUT2D eigenvalue weighted by Gasteiger charge is -2.32. The minimum atomic E-state index is 0.176. The second-order valence-electron chi connectivity index (χ2n) is 6.11. The van der Waals surface area contributed by atoms with Crippen molar-refractivity contribution < 1.29 is 4.79 Å². The Bertz CT molecular complexity index is 491.